The molecule has 3 rings (SSSR count). The summed E-state index contributed by atoms with van der Waals surface area (Å²) < 4.78 is 24.0. The summed E-state index contributed by atoms with van der Waals surface area (Å²) in [6, 6.07) is 9.48. The Labute approximate surface area is 100 Å². The van der Waals surface area contributed by atoms with E-state index in [2.05, 4.69) is 0 Å². The number of fused-ring (bicyclic) bond motifs is 1. The van der Waals surface area contributed by atoms with Crippen LogP contribution >= 0.6 is 0 Å². The molecule has 0 bridgehead atoms. The molecule has 0 aromatic heterocycles. The second-order valence-corrected chi connectivity index (χ2v) is 6.74. The molecule has 1 aliphatic heterocycles. The highest BCUT2D eigenvalue weighted by atomic mass is 32.2. The molecule has 0 N–H and O–H groups in total. The number of sulfonamides is 1. The molecule has 5 heteroatoms. The Balaban J connectivity index is 2.02. The molecule has 1 aromatic carbocycles. The van der Waals surface area contributed by atoms with Crippen molar-refractivity contribution >= 4 is 15.9 Å². The first-order chi connectivity index (χ1) is 7.96. The average molecular weight is 251 g/mol. The molecular weight excluding hydrogens is 238 g/mol. The Morgan fingerprint density at radius 1 is 1.29 bits per heavy atom. The van der Waals surface area contributed by atoms with Gasteiger partial charge in [0, 0.05) is 6.54 Å². The quantitative estimate of drug-likeness (QED) is 0.779. The normalized spacial score (nSPS) is 31.5. The van der Waals surface area contributed by atoms with Gasteiger partial charge in [-0.05, 0) is 17.9 Å². The van der Waals surface area contributed by atoms with Crippen LogP contribution in [0.5, 0.6) is 0 Å². The first kappa shape index (κ1) is 10.8. The molecule has 2 atom stereocenters. The Hall–Kier alpha value is -1.36. The van der Waals surface area contributed by atoms with Crippen molar-refractivity contribution in [2.24, 2.45) is 5.92 Å². The van der Waals surface area contributed by atoms with E-state index in [0.29, 0.717) is 6.54 Å². The van der Waals surface area contributed by atoms with Gasteiger partial charge in [-0.1, -0.05) is 30.3 Å². The van der Waals surface area contributed by atoms with Crippen LogP contribution in [0.2, 0.25) is 0 Å². The number of amides is 1. The van der Waals surface area contributed by atoms with Crippen molar-refractivity contribution in [2.45, 2.75) is 11.8 Å². The molecule has 90 valence electrons. The third-order valence-electron chi connectivity index (χ3n) is 3.79. The van der Waals surface area contributed by atoms with E-state index in [-0.39, 0.29) is 11.8 Å². The molecule has 2 fully saturated rings. The maximum Gasteiger partial charge on any atom is 0.247 e. The number of hydrogen-bond acceptors (Lipinski definition) is 3. The van der Waals surface area contributed by atoms with Crippen LogP contribution < -0.4 is 0 Å². The van der Waals surface area contributed by atoms with Gasteiger partial charge in [0.25, 0.3) is 0 Å². The summed E-state index contributed by atoms with van der Waals surface area (Å²) in [4.78, 5) is 12.3. The van der Waals surface area contributed by atoms with E-state index in [1.165, 1.54) is 0 Å². The minimum Gasteiger partial charge on any atom is -0.273 e. The Bertz CT molecular complexity index is 581. The van der Waals surface area contributed by atoms with Gasteiger partial charge >= 0.3 is 0 Å². The van der Waals surface area contributed by atoms with Gasteiger partial charge in [-0.15, -0.1) is 0 Å². The lowest BCUT2D eigenvalue weighted by molar-refractivity contribution is -0.126. The minimum atomic E-state index is -3.42. The smallest absolute Gasteiger partial charge is 0.247 e. The summed E-state index contributed by atoms with van der Waals surface area (Å²) in [5.41, 5.74) is 0.394. The van der Waals surface area contributed by atoms with Gasteiger partial charge in [0.2, 0.25) is 15.9 Å². The molecule has 1 heterocycles. The number of rotatable bonds is 2. The molecule has 0 unspecified atom stereocenters. The highest BCUT2D eigenvalue weighted by Crippen LogP contribution is 2.60. The highest BCUT2D eigenvalue weighted by molar-refractivity contribution is 7.88. The van der Waals surface area contributed by atoms with Crippen molar-refractivity contribution in [2.75, 3.05) is 12.8 Å². The van der Waals surface area contributed by atoms with Gasteiger partial charge in [-0.25, -0.2) is 12.7 Å². The fourth-order valence-corrected chi connectivity index (χ4v) is 3.73. The molecule has 2 aliphatic rings. The number of carbonyl (C=O) groups is 1. The molecule has 1 saturated heterocycles. The fourth-order valence-electron chi connectivity index (χ4n) is 2.82. The number of nitrogens with zero attached hydrogens (tertiary/aromatic N) is 1. The van der Waals surface area contributed by atoms with Crippen LogP contribution in [-0.2, 0) is 20.2 Å². The summed E-state index contributed by atoms with van der Waals surface area (Å²) in [5.74, 6) is -0.0941. The van der Waals surface area contributed by atoms with Crippen LogP contribution in [0.15, 0.2) is 30.3 Å². The highest BCUT2D eigenvalue weighted by Gasteiger charge is 2.68. The van der Waals surface area contributed by atoms with E-state index >= 15 is 0 Å². The van der Waals surface area contributed by atoms with Crippen LogP contribution in [-0.4, -0.2) is 31.4 Å². The zero-order valence-corrected chi connectivity index (χ0v) is 10.3. The predicted molar refractivity (Wildman–Crippen MR) is 62.8 cm³/mol. The SMILES string of the molecule is CS(=O)(=O)N1C[C@H]2C[C@@]2(c2ccccc2)C1=O. The molecule has 4 nitrogen and oxygen atoms in total. The summed E-state index contributed by atoms with van der Waals surface area (Å²) >= 11 is 0. The topological polar surface area (TPSA) is 54.5 Å². The van der Waals surface area contributed by atoms with Crippen molar-refractivity contribution in [1.82, 2.24) is 4.31 Å². The van der Waals surface area contributed by atoms with E-state index < -0.39 is 15.4 Å². The second-order valence-electron chi connectivity index (χ2n) is 4.84. The zero-order chi connectivity index (χ0) is 12.3. The van der Waals surface area contributed by atoms with Crippen molar-refractivity contribution in [1.29, 1.82) is 0 Å². The largest absolute Gasteiger partial charge is 0.273 e. The molecule has 17 heavy (non-hydrogen) atoms. The summed E-state index contributed by atoms with van der Waals surface area (Å²) in [7, 11) is -3.42. The van der Waals surface area contributed by atoms with Crippen LogP contribution in [0.3, 0.4) is 0 Å². The standard InChI is InChI=1S/C12H13NO3S/c1-17(15,16)13-8-10-7-12(10,11(13)14)9-5-3-2-4-6-9/h2-6,10H,7-8H2,1H3/t10-,12+/m1/s1. The number of hydrogen-bond donors (Lipinski definition) is 0. The van der Waals surface area contributed by atoms with Crippen molar-refractivity contribution < 1.29 is 13.2 Å². The second kappa shape index (κ2) is 3.10. The average Bonchev–Trinajstić information content (AvgIpc) is 2.94. The molecule has 1 amide bonds. The van der Waals surface area contributed by atoms with Gasteiger partial charge in [-0.2, -0.15) is 0 Å². The lowest BCUT2D eigenvalue weighted by atomic mass is 9.94. The molecule has 1 saturated carbocycles. The van der Waals surface area contributed by atoms with Gasteiger partial charge in [-0.3, -0.25) is 4.79 Å². The molecular formula is C12H13NO3S. The minimum absolute atomic E-state index is 0.159. The van der Waals surface area contributed by atoms with Crippen molar-refractivity contribution in [3.63, 3.8) is 0 Å². The third kappa shape index (κ3) is 1.35. The fraction of sp³-hybridized carbons (Fsp3) is 0.417. The Kier molecular flexibility index (Phi) is 1.96. The summed E-state index contributed by atoms with van der Waals surface area (Å²) in [6.45, 7) is 0.340. The van der Waals surface area contributed by atoms with Gasteiger partial charge in [0.15, 0.2) is 0 Å². The molecule has 1 aliphatic carbocycles. The lowest BCUT2D eigenvalue weighted by Gasteiger charge is -2.18. The lowest BCUT2D eigenvalue weighted by Crippen LogP contribution is -2.37. The number of carbonyl (C=O) groups excluding carboxylic acids is 1. The van der Waals surface area contributed by atoms with Crippen LogP contribution in [0, 0.1) is 5.92 Å². The predicted octanol–water partition coefficient (Wildman–Crippen LogP) is 0.746. The summed E-state index contributed by atoms with van der Waals surface area (Å²) in [5, 5.41) is 0. The zero-order valence-electron chi connectivity index (χ0n) is 9.46. The first-order valence-corrected chi connectivity index (χ1v) is 7.39. The van der Waals surface area contributed by atoms with Crippen LogP contribution in [0.25, 0.3) is 0 Å². The summed E-state index contributed by atoms with van der Waals surface area (Å²) in [6.07, 6.45) is 1.87. The monoisotopic (exact) mass is 251 g/mol. The first-order valence-electron chi connectivity index (χ1n) is 5.54. The molecule has 1 aromatic rings. The van der Waals surface area contributed by atoms with Crippen LogP contribution in [0.4, 0.5) is 0 Å². The van der Waals surface area contributed by atoms with Crippen molar-refractivity contribution in [3.8, 4) is 0 Å². The number of benzene rings is 1. The molecule has 0 radical (unpaired) electrons. The Morgan fingerprint density at radius 2 is 1.94 bits per heavy atom. The maximum absolute atomic E-state index is 12.3. The van der Waals surface area contributed by atoms with E-state index in [1.54, 1.807) is 0 Å². The van der Waals surface area contributed by atoms with Gasteiger partial charge in [0.05, 0.1) is 11.7 Å². The maximum atomic E-state index is 12.3. The number of piperidine rings is 1. The van der Waals surface area contributed by atoms with E-state index in [9.17, 15) is 13.2 Å². The third-order valence-corrected chi connectivity index (χ3v) is 4.90. The van der Waals surface area contributed by atoms with Crippen LogP contribution in [0.1, 0.15) is 12.0 Å². The molecule has 0 spiro atoms. The van der Waals surface area contributed by atoms with Gasteiger partial charge in [0.1, 0.15) is 0 Å². The van der Waals surface area contributed by atoms with E-state index in [1.807, 2.05) is 30.3 Å². The van der Waals surface area contributed by atoms with Gasteiger partial charge < -0.3 is 0 Å². The van der Waals surface area contributed by atoms with E-state index in [0.717, 1.165) is 22.5 Å². The Morgan fingerprint density at radius 3 is 2.47 bits per heavy atom. The van der Waals surface area contributed by atoms with E-state index in [4.69, 9.17) is 0 Å². The van der Waals surface area contributed by atoms with Crippen molar-refractivity contribution in [3.05, 3.63) is 35.9 Å².